The summed E-state index contributed by atoms with van der Waals surface area (Å²) in [6.45, 7) is 0.562. The van der Waals surface area contributed by atoms with Gasteiger partial charge in [-0.05, 0) is 30.9 Å². The highest BCUT2D eigenvalue weighted by atomic mass is 16.5. The summed E-state index contributed by atoms with van der Waals surface area (Å²) >= 11 is 0. The Balaban J connectivity index is 2.09. The van der Waals surface area contributed by atoms with E-state index in [9.17, 15) is 9.90 Å². The molecule has 6 nitrogen and oxygen atoms in total. The quantitative estimate of drug-likeness (QED) is 0.825. The molecule has 1 saturated carbocycles. The Morgan fingerprint density at radius 3 is 2.19 bits per heavy atom. The van der Waals surface area contributed by atoms with Crippen LogP contribution in [0.2, 0.25) is 0 Å². The first kappa shape index (κ1) is 15.4. The maximum Gasteiger partial charge on any atom is 0.251 e. The minimum absolute atomic E-state index is 0.198. The van der Waals surface area contributed by atoms with E-state index in [1.54, 1.807) is 12.1 Å². The number of methoxy groups -OCH3 is 3. The summed E-state index contributed by atoms with van der Waals surface area (Å²) in [7, 11) is 4.53. The van der Waals surface area contributed by atoms with Crippen molar-refractivity contribution in [3.8, 4) is 17.2 Å². The predicted molar refractivity (Wildman–Crippen MR) is 77.2 cm³/mol. The summed E-state index contributed by atoms with van der Waals surface area (Å²) in [4.78, 5) is 12.2. The summed E-state index contributed by atoms with van der Waals surface area (Å²) in [5.74, 6) is 1.50. The van der Waals surface area contributed by atoms with E-state index in [2.05, 4.69) is 5.32 Å². The molecule has 0 atom stereocenters. The van der Waals surface area contributed by atoms with Crippen LogP contribution in [0.25, 0.3) is 0 Å². The van der Waals surface area contributed by atoms with E-state index < -0.39 is 0 Å². The third-order valence-corrected chi connectivity index (χ3v) is 3.69. The van der Waals surface area contributed by atoms with E-state index in [1.807, 2.05) is 0 Å². The monoisotopic (exact) mass is 295 g/mol. The van der Waals surface area contributed by atoms with Gasteiger partial charge in [-0.2, -0.15) is 0 Å². The average molecular weight is 295 g/mol. The van der Waals surface area contributed by atoms with E-state index in [-0.39, 0.29) is 12.0 Å². The first-order chi connectivity index (χ1) is 10.1. The van der Waals surface area contributed by atoms with Gasteiger partial charge < -0.3 is 24.6 Å². The second-order valence-electron chi connectivity index (χ2n) is 5.12. The van der Waals surface area contributed by atoms with Crippen LogP contribution < -0.4 is 19.5 Å². The molecule has 0 aromatic heterocycles. The van der Waals surface area contributed by atoms with E-state index in [4.69, 9.17) is 14.2 Å². The second kappa shape index (κ2) is 6.67. The highest BCUT2D eigenvalue weighted by Gasteiger charge is 2.27. The molecular formula is C15H21NO5. The zero-order valence-electron chi connectivity index (χ0n) is 12.5. The van der Waals surface area contributed by atoms with Crippen LogP contribution in [0, 0.1) is 5.92 Å². The van der Waals surface area contributed by atoms with Crippen LogP contribution in [0.4, 0.5) is 0 Å². The van der Waals surface area contributed by atoms with Crippen LogP contribution in [0.3, 0.4) is 0 Å². The molecule has 1 aliphatic rings. The standard InChI is InChI=1S/C15H21NO5/c1-19-12-6-10(7-13(20-2)14(12)21-3)15(18)16-8-9-4-11(17)5-9/h6-7,9,11,17H,4-5,8H2,1-3H3,(H,16,18). The van der Waals surface area contributed by atoms with Crippen molar-refractivity contribution in [3.05, 3.63) is 17.7 Å². The molecule has 1 aromatic rings. The molecule has 0 unspecified atom stereocenters. The van der Waals surface area contributed by atoms with E-state index >= 15 is 0 Å². The first-order valence-electron chi connectivity index (χ1n) is 6.85. The molecule has 2 N–H and O–H groups in total. The van der Waals surface area contributed by atoms with Crippen molar-refractivity contribution in [3.63, 3.8) is 0 Å². The normalized spacial score (nSPS) is 20.4. The Morgan fingerprint density at radius 2 is 1.76 bits per heavy atom. The van der Waals surface area contributed by atoms with Crippen LogP contribution in [-0.2, 0) is 0 Å². The van der Waals surface area contributed by atoms with Crippen LogP contribution in [0.1, 0.15) is 23.2 Å². The molecule has 0 radical (unpaired) electrons. The minimum atomic E-state index is -0.215. The van der Waals surface area contributed by atoms with Crippen LogP contribution >= 0.6 is 0 Å². The van der Waals surface area contributed by atoms with Gasteiger partial charge in [0.2, 0.25) is 5.75 Å². The maximum atomic E-state index is 12.2. The lowest BCUT2D eigenvalue weighted by molar-refractivity contribution is 0.0420. The van der Waals surface area contributed by atoms with E-state index in [1.165, 1.54) is 21.3 Å². The Kier molecular flexibility index (Phi) is 4.90. The number of ether oxygens (including phenoxy) is 3. The highest BCUT2D eigenvalue weighted by molar-refractivity contribution is 5.95. The molecule has 0 aliphatic heterocycles. The first-order valence-corrected chi connectivity index (χ1v) is 6.85. The number of aliphatic hydroxyl groups is 1. The van der Waals surface area contributed by atoms with Crippen molar-refractivity contribution in [2.45, 2.75) is 18.9 Å². The third kappa shape index (κ3) is 3.39. The van der Waals surface area contributed by atoms with Gasteiger partial charge in [0, 0.05) is 12.1 Å². The topological polar surface area (TPSA) is 77.0 Å². The zero-order chi connectivity index (χ0) is 15.4. The average Bonchev–Trinajstić information content (AvgIpc) is 2.48. The molecule has 1 fully saturated rings. The van der Waals surface area contributed by atoms with Crippen molar-refractivity contribution in [1.82, 2.24) is 5.32 Å². The molecule has 1 aliphatic carbocycles. The largest absolute Gasteiger partial charge is 0.493 e. The molecule has 0 saturated heterocycles. The Hall–Kier alpha value is -1.95. The number of benzene rings is 1. The van der Waals surface area contributed by atoms with Crippen molar-refractivity contribution >= 4 is 5.91 Å². The molecule has 6 heteroatoms. The maximum absolute atomic E-state index is 12.2. The smallest absolute Gasteiger partial charge is 0.251 e. The molecule has 2 rings (SSSR count). The highest BCUT2D eigenvalue weighted by Crippen LogP contribution is 2.38. The number of carbonyl (C=O) groups is 1. The van der Waals surface area contributed by atoms with Crippen molar-refractivity contribution < 1.29 is 24.1 Å². The zero-order valence-corrected chi connectivity index (χ0v) is 12.5. The molecule has 116 valence electrons. The summed E-state index contributed by atoms with van der Waals surface area (Å²) in [6.07, 6.45) is 1.28. The van der Waals surface area contributed by atoms with Gasteiger partial charge in [-0.3, -0.25) is 4.79 Å². The number of rotatable bonds is 6. The molecule has 1 amide bonds. The van der Waals surface area contributed by atoms with E-state index in [0.29, 0.717) is 35.3 Å². The number of aliphatic hydroxyl groups excluding tert-OH is 1. The fourth-order valence-electron chi connectivity index (χ4n) is 2.42. The lowest BCUT2D eigenvalue weighted by Gasteiger charge is -2.31. The number of carbonyl (C=O) groups excluding carboxylic acids is 1. The van der Waals surface area contributed by atoms with Gasteiger partial charge in [0.15, 0.2) is 11.5 Å². The molecular weight excluding hydrogens is 274 g/mol. The number of amides is 1. The molecule has 0 bridgehead atoms. The van der Waals surface area contributed by atoms with Gasteiger partial charge >= 0.3 is 0 Å². The minimum Gasteiger partial charge on any atom is -0.493 e. The third-order valence-electron chi connectivity index (χ3n) is 3.69. The number of hydrogen-bond donors (Lipinski definition) is 2. The number of nitrogens with one attached hydrogen (secondary N) is 1. The van der Waals surface area contributed by atoms with Gasteiger partial charge in [0.1, 0.15) is 0 Å². The van der Waals surface area contributed by atoms with Crippen LogP contribution in [0.5, 0.6) is 17.2 Å². The summed E-state index contributed by atoms with van der Waals surface area (Å²) in [5, 5.41) is 12.1. The lowest BCUT2D eigenvalue weighted by Crippen LogP contribution is -2.38. The van der Waals surface area contributed by atoms with Crippen LogP contribution in [-0.4, -0.2) is 45.0 Å². The summed E-state index contributed by atoms with van der Waals surface area (Å²) in [5.41, 5.74) is 0.448. The van der Waals surface area contributed by atoms with Crippen LogP contribution in [0.15, 0.2) is 12.1 Å². The van der Waals surface area contributed by atoms with Gasteiger partial charge in [0.05, 0.1) is 27.4 Å². The Morgan fingerprint density at radius 1 is 1.19 bits per heavy atom. The van der Waals surface area contributed by atoms with Gasteiger partial charge in [-0.25, -0.2) is 0 Å². The molecule has 1 aromatic carbocycles. The van der Waals surface area contributed by atoms with Crippen molar-refractivity contribution in [2.24, 2.45) is 5.92 Å². The van der Waals surface area contributed by atoms with Gasteiger partial charge in [-0.1, -0.05) is 0 Å². The Labute approximate surface area is 124 Å². The van der Waals surface area contributed by atoms with Gasteiger partial charge in [0.25, 0.3) is 5.91 Å². The lowest BCUT2D eigenvalue weighted by atomic mass is 9.82. The molecule has 0 spiro atoms. The van der Waals surface area contributed by atoms with Gasteiger partial charge in [-0.15, -0.1) is 0 Å². The Bertz CT molecular complexity index is 486. The fraction of sp³-hybridized carbons (Fsp3) is 0.533. The predicted octanol–water partition coefficient (Wildman–Crippen LogP) is 1.21. The molecule has 0 heterocycles. The summed E-state index contributed by atoms with van der Waals surface area (Å²) < 4.78 is 15.7. The number of hydrogen-bond acceptors (Lipinski definition) is 5. The fourth-order valence-corrected chi connectivity index (χ4v) is 2.42. The van der Waals surface area contributed by atoms with Crippen molar-refractivity contribution in [2.75, 3.05) is 27.9 Å². The summed E-state index contributed by atoms with van der Waals surface area (Å²) in [6, 6.07) is 3.23. The molecule has 21 heavy (non-hydrogen) atoms. The van der Waals surface area contributed by atoms with E-state index in [0.717, 1.165) is 12.8 Å². The SMILES string of the molecule is COc1cc(C(=O)NCC2CC(O)C2)cc(OC)c1OC. The van der Waals surface area contributed by atoms with Crippen molar-refractivity contribution in [1.29, 1.82) is 0 Å². The second-order valence-corrected chi connectivity index (χ2v) is 5.12.